The van der Waals surface area contributed by atoms with Crippen LogP contribution in [0.2, 0.25) is 0 Å². The van der Waals surface area contributed by atoms with Gasteiger partial charge in [-0.25, -0.2) is 4.39 Å². The maximum absolute atomic E-state index is 13.6. The zero-order valence-electron chi connectivity index (χ0n) is 14.6. The van der Waals surface area contributed by atoms with Crippen LogP contribution in [0.3, 0.4) is 0 Å². The van der Waals surface area contributed by atoms with Gasteiger partial charge in [-0.1, -0.05) is 0 Å². The molecule has 0 saturated carbocycles. The topological polar surface area (TPSA) is 104 Å². The number of carbonyl (C=O) groups is 1. The van der Waals surface area contributed by atoms with E-state index in [4.69, 9.17) is 5.73 Å². The minimum atomic E-state index is -0.294. The van der Waals surface area contributed by atoms with Gasteiger partial charge in [-0.3, -0.25) is 9.89 Å². The van der Waals surface area contributed by atoms with Crippen molar-refractivity contribution in [2.75, 3.05) is 18.8 Å². The van der Waals surface area contributed by atoms with Crippen molar-refractivity contribution in [1.82, 2.24) is 25.1 Å². The van der Waals surface area contributed by atoms with Crippen LogP contribution in [0, 0.1) is 12.7 Å². The van der Waals surface area contributed by atoms with E-state index < -0.39 is 0 Å². The number of aryl methyl sites for hydroxylation is 1. The Morgan fingerprint density at radius 2 is 2.15 bits per heavy atom. The van der Waals surface area contributed by atoms with E-state index in [1.54, 1.807) is 6.07 Å². The number of aromatic nitrogens is 4. The molecule has 0 unspecified atom stereocenters. The molecule has 4 rings (SSSR count). The molecule has 3 heterocycles. The van der Waals surface area contributed by atoms with Gasteiger partial charge < -0.3 is 15.6 Å². The lowest BCUT2D eigenvalue weighted by molar-refractivity contribution is -0.131. The van der Waals surface area contributed by atoms with Gasteiger partial charge in [-0.2, -0.15) is 4.98 Å². The number of nitrogen functional groups attached to an aromatic ring is 1. The van der Waals surface area contributed by atoms with E-state index in [0.29, 0.717) is 13.1 Å². The van der Waals surface area contributed by atoms with Gasteiger partial charge in [-0.05, 0) is 43.5 Å². The lowest BCUT2D eigenvalue weighted by atomic mass is 9.95. The first-order valence-electron chi connectivity index (χ1n) is 8.73. The number of nitrogens with zero attached hydrogens (tertiary/aromatic N) is 3. The minimum absolute atomic E-state index is 0.0637. The van der Waals surface area contributed by atoms with Gasteiger partial charge >= 0.3 is 0 Å². The summed E-state index contributed by atoms with van der Waals surface area (Å²) in [5, 5.41) is 7.51. The molecule has 136 valence electrons. The van der Waals surface area contributed by atoms with E-state index in [0.717, 1.165) is 40.8 Å². The number of benzene rings is 1. The average molecular weight is 356 g/mol. The number of rotatable bonds is 3. The smallest absolute Gasteiger partial charge is 0.239 e. The molecule has 0 bridgehead atoms. The van der Waals surface area contributed by atoms with E-state index in [1.165, 1.54) is 12.1 Å². The molecule has 2 aromatic heterocycles. The highest BCUT2D eigenvalue weighted by atomic mass is 19.1. The highest BCUT2D eigenvalue weighted by Gasteiger charge is 2.26. The van der Waals surface area contributed by atoms with Crippen molar-refractivity contribution in [2.45, 2.75) is 32.1 Å². The number of hydrogen-bond acceptors (Lipinski definition) is 4. The molecule has 4 N–H and O–H groups in total. The maximum Gasteiger partial charge on any atom is 0.239 e. The van der Waals surface area contributed by atoms with Crippen LogP contribution in [-0.2, 0) is 11.2 Å². The Labute approximate surface area is 149 Å². The van der Waals surface area contributed by atoms with Crippen LogP contribution in [0.1, 0.15) is 35.8 Å². The zero-order chi connectivity index (χ0) is 18.3. The molecule has 8 heteroatoms. The van der Waals surface area contributed by atoms with E-state index in [9.17, 15) is 9.18 Å². The fourth-order valence-electron chi connectivity index (χ4n) is 3.72. The second kappa shape index (κ2) is 6.44. The quantitative estimate of drug-likeness (QED) is 0.669. The van der Waals surface area contributed by atoms with Gasteiger partial charge in [0, 0.05) is 35.6 Å². The Morgan fingerprint density at radius 1 is 1.38 bits per heavy atom. The Kier molecular flexibility index (Phi) is 4.10. The molecule has 1 aliphatic rings. The van der Waals surface area contributed by atoms with Crippen LogP contribution in [0.5, 0.6) is 0 Å². The monoisotopic (exact) mass is 356 g/mol. The van der Waals surface area contributed by atoms with Crippen LogP contribution >= 0.6 is 0 Å². The van der Waals surface area contributed by atoms with Gasteiger partial charge in [0.1, 0.15) is 11.6 Å². The second-order valence-corrected chi connectivity index (χ2v) is 6.83. The molecule has 3 aromatic rings. The van der Waals surface area contributed by atoms with Crippen LogP contribution in [0.15, 0.2) is 18.2 Å². The normalized spacial score (nSPS) is 15.7. The standard InChI is InChI=1S/C18H21FN6O/c1-10-13(14-8-12(19)2-3-15(14)21-10)9-16(26)25-6-4-11(5-7-25)17-22-18(20)24-23-17/h2-3,8,11,21H,4-7,9H2,1H3,(H3,20,22,23,24). The summed E-state index contributed by atoms with van der Waals surface area (Å²) in [6, 6.07) is 4.62. The van der Waals surface area contributed by atoms with Crippen molar-refractivity contribution >= 4 is 22.8 Å². The number of likely N-dealkylation sites (tertiary alicyclic amines) is 1. The molecule has 7 nitrogen and oxygen atoms in total. The van der Waals surface area contributed by atoms with Crippen molar-refractivity contribution in [3.05, 3.63) is 41.1 Å². The van der Waals surface area contributed by atoms with E-state index in [-0.39, 0.29) is 30.0 Å². The summed E-state index contributed by atoms with van der Waals surface area (Å²) in [4.78, 5) is 22.0. The predicted molar refractivity (Wildman–Crippen MR) is 96.0 cm³/mol. The van der Waals surface area contributed by atoms with Crippen molar-refractivity contribution in [2.24, 2.45) is 0 Å². The molecule has 1 aromatic carbocycles. The molecule has 26 heavy (non-hydrogen) atoms. The highest BCUT2D eigenvalue weighted by Crippen LogP contribution is 2.28. The van der Waals surface area contributed by atoms with Crippen LogP contribution < -0.4 is 5.73 Å². The van der Waals surface area contributed by atoms with Gasteiger partial charge in [-0.15, -0.1) is 5.10 Å². The number of amides is 1. The Bertz CT molecular complexity index is 954. The number of anilines is 1. The van der Waals surface area contributed by atoms with Crippen molar-refractivity contribution < 1.29 is 9.18 Å². The number of fused-ring (bicyclic) bond motifs is 1. The summed E-state index contributed by atoms with van der Waals surface area (Å²) in [6.07, 6.45) is 1.92. The Hall–Kier alpha value is -2.90. The lowest BCUT2D eigenvalue weighted by Gasteiger charge is -2.31. The first kappa shape index (κ1) is 16.6. The third kappa shape index (κ3) is 3.02. The Morgan fingerprint density at radius 3 is 2.85 bits per heavy atom. The molecule has 0 atom stereocenters. The van der Waals surface area contributed by atoms with Crippen LogP contribution in [0.4, 0.5) is 10.3 Å². The fraction of sp³-hybridized carbons (Fsp3) is 0.389. The number of nitrogens with two attached hydrogens (primary N) is 1. The van der Waals surface area contributed by atoms with Crippen LogP contribution in [0.25, 0.3) is 10.9 Å². The minimum Gasteiger partial charge on any atom is -0.367 e. The van der Waals surface area contributed by atoms with E-state index in [1.807, 2.05) is 11.8 Å². The summed E-state index contributed by atoms with van der Waals surface area (Å²) in [7, 11) is 0. The van der Waals surface area contributed by atoms with Crippen molar-refractivity contribution in [1.29, 1.82) is 0 Å². The molecule has 0 radical (unpaired) electrons. The average Bonchev–Trinajstić information content (AvgIpc) is 3.19. The van der Waals surface area contributed by atoms with Gasteiger partial charge in [0.2, 0.25) is 11.9 Å². The summed E-state index contributed by atoms with van der Waals surface area (Å²) >= 11 is 0. The molecule has 1 fully saturated rings. The van der Waals surface area contributed by atoms with Gasteiger partial charge in [0.15, 0.2) is 0 Å². The van der Waals surface area contributed by atoms with E-state index in [2.05, 4.69) is 20.2 Å². The largest absolute Gasteiger partial charge is 0.367 e. The van der Waals surface area contributed by atoms with Gasteiger partial charge in [0.25, 0.3) is 0 Å². The second-order valence-electron chi connectivity index (χ2n) is 6.83. The molecule has 1 amide bonds. The molecular formula is C18H21FN6O. The number of nitrogens with one attached hydrogen (secondary N) is 2. The molecule has 1 saturated heterocycles. The number of hydrogen-bond donors (Lipinski definition) is 3. The van der Waals surface area contributed by atoms with Crippen LogP contribution in [-0.4, -0.2) is 44.1 Å². The lowest BCUT2D eigenvalue weighted by Crippen LogP contribution is -2.39. The number of carbonyl (C=O) groups excluding carboxylic acids is 1. The van der Waals surface area contributed by atoms with E-state index >= 15 is 0 Å². The fourth-order valence-corrected chi connectivity index (χ4v) is 3.72. The molecule has 0 aliphatic carbocycles. The SMILES string of the molecule is Cc1[nH]c2ccc(F)cc2c1CC(=O)N1CCC(c2nc(N)n[nH]2)CC1. The Balaban J connectivity index is 1.45. The number of halogens is 1. The molecule has 1 aliphatic heterocycles. The summed E-state index contributed by atoms with van der Waals surface area (Å²) < 4.78 is 13.6. The maximum atomic E-state index is 13.6. The predicted octanol–water partition coefficient (Wildman–Crippen LogP) is 2.26. The first-order valence-corrected chi connectivity index (χ1v) is 8.73. The third-order valence-corrected chi connectivity index (χ3v) is 5.16. The van der Waals surface area contributed by atoms with Crippen molar-refractivity contribution in [3.63, 3.8) is 0 Å². The first-order chi connectivity index (χ1) is 12.5. The number of H-pyrrole nitrogens is 2. The number of piperidine rings is 1. The number of aromatic amines is 2. The summed E-state index contributed by atoms with van der Waals surface area (Å²) in [5.41, 5.74) is 8.19. The summed E-state index contributed by atoms with van der Waals surface area (Å²) in [6.45, 7) is 3.25. The third-order valence-electron chi connectivity index (χ3n) is 5.16. The van der Waals surface area contributed by atoms with Crippen molar-refractivity contribution in [3.8, 4) is 0 Å². The molecular weight excluding hydrogens is 335 g/mol. The summed E-state index contributed by atoms with van der Waals surface area (Å²) in [5.74, 6) is 1.05. The zero-order valence-corrected chi connectivity index (χ0v) is 14.6. The molecule has 0 spiro atoms. The van der Waals surface area contributed by atoms with Gasteiger partial charge in [0.05, 0.1) is 6.42 Å². The highest BCUT2D eigenvalue weighted by molar-refractivity contribution is 5.90.